The molecule has 1 aliphatic carbocycles. The molecule has 1 amide bonds. The number of fused-ring (bicyclic) bond motifs is 1. The fraction of sp³-hybridized carbons (Fsp3) is 0.257. The van der Waals surface area contributed by atoms with E-state index >= 15 is 0 Å². The highest BCUT2D eigenvalue weighted by molar-refractivity contribution is 6.14. The Balaban J connectivity index is 1.18. The van der Waals surface area contributed by atoms with Crippen LogP contribution in [0, 0.1) is 30.0 Å². The Morgan fingerprint density at radius 3 is 2.56 bits per heavy atom. The van der Waals surface area contributed by atoms with Crippen molar-refractivity contribution in [3.05, 3.63) is 119 Å². The molecular formula is C35H32FN5O2. The van der Waals surface area contributed by atoms with Gasteiger partial charge >= 0.3 is 0 Å². The van der Waals surface area contributed by atoms with E-state index in [0.717, 1.165) is 40.0 Å². The molecule has 0 spiro atoms. The van der Waals surface area contributed by atoms with Crippen molar-refractivity contribution in [1.82, 2.24) is 19.2 Å². The lowest BCUT2D eigenvalue weighted by Gasteiger charge is -2.15. The smallest absolute Gasteiger partial charge is 0.238 e. The molecule has 43 heavy (non-hydrogen) atoms. The number of hydrogen-bond acceptors (Lipinski definition) is 4. The van der Waals surface area contributed by atoms with E-state index in [1.165, 1.54) is 12.1 Å². The van der Waals surface area contributed by atoms with Gasteiger partial charge in [0.15, 0.2) is 5.78 Å². The number of aryl methyl sites for hydroxylation is 1. The van der Waals surface area contributed by atoms with Crippen molar-refractivity contribution in [2.24, 2.45) is 5.41 Å². The third-order valence-electron chi connectivity index (χ3n) is 8.01. The Morgan fingerprint density at radius 1 is 1.05 bits per heavy atom. The first kappa shape index (κ1) is 28.1. The summed E-state index contributed by atoms with van der Waals surface area (Å²) in [7, 11) is 0. The van der Waals surface area contributed by atoms with Gasteiger partial charge in [0.1, 0.15) is 22.6 Å². The molecule has 1 N–H and O–H groups in total. The first-order valence-electron chi connectivity index (χ1n) is 14.4. The summed E-state index contributed by atoms with van der Waals surface area (Å²) < 4.78 is 17.2. The molecule has 0 unspecified atom stereocenters. The fourth-order valence-corrected chi connectivity index (χ4v) is 5.20. The molecule has 3 heterocycles. The summed E-state index contributed by atoms with van der Waals surface area (Å²) in [5.41, 5.74) is 5.80. The van der Waals surface area contributed by atoms with E-state index < -0.39 is 5.41 Å². The zero-order valence-electron chi connectivity index (χ0n) is 24.4. The highest BCUT2D eigenvalue weighted by Crippen LogP contribution is 2.48. The molecule has 7 nitrogen and oxygen atoms in total. The highest BCUT2D eigenvalue weighted by atomic mass is 19.1. The highest BCUT2D eigenvalue weighted by Gasteiger charge is 2.55. The van der Waals surface area contributed by atoms with Gasteiger partial charge < -0.3 is 5.32 Å². The predicted octanol–water partition coefficient (Wildman–Crippen LogP) is 6.08. The number of carbonyl (C=O) groups excluding carboxylic acids is 2. The van der Waals surface area contributed by atoms with E-state index in [-0.39, 0.29) is 23.9 Å². The summed E-state index contributed by atoms with van der Waals surface area (Å²) in [6.45, 7) is 6.17. The van der Waals surface area contributed by atoms with E-state index in [1.807, 2.05) is 52.7 Å². The Labute approximate surface area is 249 Å². The SMILES string of the molecule is Cc1ccc(NC(=O)C2(C(=O)Cc3ccc(F)cc3)CC2)cc1C#Cc1cnc2c(Cc3cnn(C(C)C)c3)cccn12. The number of pyridine rings is 1. The summed E-state index contributed by atoms with van der Waals surface area (Å²) in [4.78, 5) is 30.9. The van der Waals surface area contributed by atoms with Gasteiger partial charge in [0.05, 0.1) is 12.4 Å². The van der Waals surface area contributed by atoms with E-state index in [2.05, 4.69) is 53.4 Å². The molecule has 0 saturated heterocycles. The lowest BCUT2D eigenvalue weighted by Crippen LogP contribution is -2.32. The van der Waals surface area contributed by atoms with E-state index in [1.54, 1.807) is 18.3 Å². The summed E-state index contributed by atoms with van der Waals surface area (Å²) >= 11 is 0. The van der Waals surface area contributed by atoms with Crippen molar-refractivity contribution in [3.8, 4) is 11.8 Å². The molecule has 0 aliphatic heterocycles. The molecular weight excluding hydrogens is 541 g/mol. The van der Waals surface area contributed by atoms with Crippen LogP contribution in [0.25, 0.3) is 5.65 Å². The number of nitrogens with one attached hydrogen (secondary N) is 1. The molecule has 0 atom stereocenters. The standard InChI is InChI=1S/C35H32FN5O2/c1-23(2)41-22-26(20-38-41)17-28-5-4-16-40-31(21-37-33(28)40)13-9-27-19-30(12-6-24(27)3)39-34(43)35(14-15-35)32(42)18-25-7-10-29(36)11-8-25/h4-8,10-12,16,19-23H,14-15,17-18H2,1-3H3,(H,39,43). The number of benzene rings is 2. The molecule has 5 aromatic rings. The summed E-state index contributed by atoms with van der Waals surface area (Å²) in [5.74, 6) is 5.68. The van der Waals surface area contributed by atoms with Gasteiger partial charge in [-0.2, -0.15) is 5.10 Å². The number of halogens is 1. The van der Waals surface area contributed by atoms with Gasteiger partial charge in [0.25, 0.3) is 0 Å². The van der Waals surface area contributed by atoms with Crippen LogP contribution in [0.1, 0.15) is 66.2 Å². The minimum Gasteiger partial charge on any atom is -0.325 e. The molecule has 1 aliphatic rings. The second kappa shape index (κ2) is 11.3. The van der Waals surface area contributed by atoms with Crippen molar-refractivity contribution in [3.63, 3.8) is 0 Å². The number of carbonyl (C=O) groups is 2. The van der Waals surface area contributed by atoms with E-state index in [9.17, 15) is 14.0 Å². The van der Waals surface area contributed by atoms with Crippen molar-refractivity contribution in [2.75, 3.05) is 5.32 Å². The summed E-state index contributed by atoms with van der Waals surface area (Å²) in [6.07, 6.45) is 9.52. The van der Waals surface area contributed by atoms with Crippen LogP contribution < -0.4 is 5.32 Å². The number of anilines is 1. The van der Waals surface area contributed by atoms with Crippen LogP contribution in [0.3, 0.4) is 0 Å². The van der Waals surface area contributed by atoms with Gasteiger partial charge in [-0.05, 0) is 92.1 Å². The zero-order chi connectivity index (χ0) is 30.1. The van der Waals surface area contributed by atoms with Crippen LogP contribution in [0.4, 0.5) is 10.1 Å². The number of aromatic nitrogens is 4. The van der Waals surface area contributed by atoms with E-state index in [4.69, 9.17) is 0 Å². The largest absolute Gasteiger partial charge is 0.325 e. The summed E-state index contributed by atoms with van der Waals surface area (Å²) in [5, 5.41) is 7.39. The third kappa shape index (κ3) is 5.84. The molecule has 1 saturated carbocycles. The number of nitrogens with zero attached hydrogens (tertiary/aromatic N) is 4. The van der Waals surface area contributed by atoms with Crippen LogP contribution in [-0.2, 0) is 22.4 Å². The molecule has 6 rings (SSSR count). The monoisotopic (exact) mass is 573 g/mol. The Morgan fingerprint density at radius 2 is 1.84 bits per heavy atom. The van der Waals surface area contributed by atoms with Crippen molar-refractivity contribution in [1.29, 1.82) is 0 Å². The van der Waals surface area contributed by atoms with E-state index in [0.29, 0.717) is 30.1 Å². The van der Waals surface area contributed by atoms with Gasteiger partial charge in [-0.1, -0.05) is 30.2 Å². The Bertz CT molecular complexity index is 1900. The van der Waals surface area contributed by atoms with Crippen molar-refractivity contribution < 1.29 is 14.0 Å². The predicted molar refractivity (Wildman–Crippen MR) is 163 cm³/mol. The maximum absolute atomic E-state index is 13.3. The number of imidazole rings is 1. The zero-order valence-corrected chi connectivity index (χ0v) is 24.4. The molecule has 1 fully saturated rings. The molecule has 3 aromatic heterocycles. The number of amides is 1. The van der Waals surface area contributed by atoms with Gasteiger partial charge in [-0.3, -0.25) is 18.7 Å². The quantitative estimate of drug-likeness (QED) is 0.180. The molecule has 8 heteroatoms. The molecule has 0 bridgehead atoms. The first-order valence-corrected chi connectivity index (χ1v) is 14.4. The molecule has 216 valence electrons. The maximum Gasteiger partial charge on any atom is 0.238 e. The van der Waals surface area contributed by atoms with Crippen LogP contribution in [0.15, 0.2) is 79.4 Å². The molecule has 0 radical (unpaired) electrons. The van der Waals surface area contributed by atoms with Crippen molar-refractivity contribution >= 4 is 23.0 Å². The Hall–Kier alpha value is -5.03. The van der Waals surface area contributed by atoms with Gasteiger partial charge in [-0.25, -0.2) is 9.37 Å². The minimum atomic E-state index is -1.03. The van der Waals surface area contributed by atoms with Crippen LogP contribution >= 0.6 is 0 Å². The van der Waals surface area contributed by atoms with Crippen molar-refractivity contribution in [2.45, 2.75) is 52.5 Å². The number of ketones is 1. The van der Waals surface area contributed by atoms with Gasteiger partial charge in [0.2, 0.25) is 5.91 Å². The Kier molecular flexibility index (Phi) is 7.41. The van der Waals surface area contributed by atoms with Gasteiger partial charge in [0, 0.05) is 42.5 Å². The third-order valence-corrected chi connectivity index (χ3v) is 8.01. The number of Topliss-reactive ketones (excluding diaryl/α,β-unsaturated/α-hetero) is 1. The fourth-order valence-electron chi connectivity index (χ4n) is 5.20. The maximum atomic E-state index is 13.3. The summed E-state index contributed by atoms with van der Waals surface area (Å²) in [6, 6.07) is 15.7. The topological polar surface area (TPSA) is 81.3 Å². The number of hydrogen-bond donors (Lipinski definition) is 1. The van der Waals surface area contributed by atoms with Crippen LogP contribution in [0.5, 0.6) is 0 Å². The van der Waals surface area contributed by atoms with Crippen LogP contribution in [-0.4, -0.2) is 30.9 Å². The normalized spacial score (nSPS) is 13.5. The average Bonchev–Trinajstić information content (AvgIpc) is 3.50. The average molecular weight is 574 g/mol. The molecule has 2 aromatic carbocycles. The van der Waals surface area contributed by atoms with Crippen LogP contribution in [0.2, 0.25) is 0 Å². The lowest BCUT2D eigenvalue weighted by molar-refractivity contribution is -0.132. The number of rotatable bonds is 8. The second-order valence-corrected chi connectivity index (χ2v) is 11.5. The first-order chi connectivity index (χ1) is 20.7. The van der Waals surface area contributed by atoms with Gasteiger partial charge in [-0.15, -0.1) is 0 Å². The minimum absolute atomic E-state index is 0.0981. The second-order valence-electron chi connectivity index (χ2n) is 11.5. The lowest BCUT2D eigenvalue weighted by atomic mass is 9.94.